The Hall–Kier alpha value is -3.55. The Kier molecular flexibility index (Phi) is 6.64. The fourth-order valence-corrected chi connectivity index (χ4v) is 5.80. The van der Waals surface area contributed by atoms with Crippen LogP contribution in [-0.4, -0.2) is 86.0 Å². The zero-order valence-corrected chi connectivity index (χ0v) is 21.1. The van der Waals surface area contributed by atoms with Crippen molar-refractivity contribution in [2.24, 2.45) is 0 Å². The third-order valence-corrected chi connectivity index (χ3v) is 7.88. The van der Waals surface area contributed by atoms with Gasteiger partial charge in [0.15, 0.2) is 12.1 Å². The summed E-state index contributed by atoms with van der Waals surface area (Å²) in [5, 5.41) is 64.9. The van der Waals surface area contributed by atoms with Gasteiger partial charge in [0.05, 0.1) is 48.2 Å². The number of carbonyl (C=O) groups is 3. The minimum atomic E-state index is -1.90. The number of benzene rings is 2. The molecule has 5 rings (SSSR count). The monoisotopic (exact) mass is 544 g/mol. The smallest absolute Gasteiger partial charge is 0.316 e. The molecule has 0 saturated carbocycles. The number of rotatable bonds is 4. The molecule has 0 aromatic heterocycles. The summed E-state index contributed by atoms with van der Waals surface area (Å²) >= 11 is 0. The van der Waals surface area contributed by atoms with Crippen molar-refractivity contribution in [3.63, 3.8) is 0 Å². The Morgan fingerprint density at radius 3 is 2.33 bits per heavy atom. The van der Waals surface area contributed by atoms with Gasteiger partial charge in [-0.2, -0.15) is 0 Å². The molecule has 0 amide bonds. The van der Waals surface area contributed by atoms with Gasteiger partial charge >= 0.3 is 5.97 Å². The number of phenols is 3. The summed E-state index contributed by atoms with van der Waals surface area (Å²) in [6, 6.07) is 3.82. The molecule has 0 bridgehead atoms. The quantitative estimate of drug-likeness (QED) is 0.201. The number of ketones is 2. The van der Waals surface area contributed by atoms with Crippen LogP contribution in [0.3, 0.4) is 0 Å². The second kappa shape index (κ2) is 9.57. The molecule has 1 aliphatic heterocycles. The largest absolute Gasteiger partial charge is 0.507 e. The number of hydrogen-bond acceptors (Lipinski definition) is 12. The number of aliphatic hydroxyl groups is 3. The van der Waals surface area contributed by atoms with E-state index in [1.165, 1.54) is 18.2 Å². The molecule has 2 aromatic rings. The van der Waals surface area contributed by atoms with Crippen LogP contribution in [0.4, 0.5) is 0 Å². The van der Waals surface area contributed by atoms with E-state index in [1.807, 2.05) is 0 Å². The molecule has 1 fully saturated rings. The molecule has 3 aliphatic rings. The molecule has 6 atom stereocenters. The van der Waals surface area contributed by atoms with E-state index in [2.05, 4.69) is 0 Å². The fourth-order valence-electron chi connectivity index (χ4n) is 5.80. The van der Waals surface area contributed by atoms with Crippen molar-refractivity contribution in [2.75, 3.05) is 13.7 Å². The number of aromatic hydroxyl groups is 3. The SMILES string of the molecule is CC[C@@]1(O)C[C@H](O[C@H]2C[C@H](O)[C@H](O)CO2)c2c(O)c3c(c(O)c2[C@H]1C(=O)OC)C(=O)c1cccc(O)c1C3=O. The Balaban J connectivity index is 1.76. The first kappa shape index (κ1) is 27.0. The van der Waals surface area contributed by atoms with Gasteiger partial charge in [0.25, 0.3) is 0 Å². The van der Waals surface area contributed by atoms with Crippen molar-refractivity contribution in [2.45, 2.75) is 62.3 Å². The lowest BCUT2D eigenvalue weighted by molar-refractivity contribution is -0.243. The summed E-state index contributed by atoms with van der Waals surface area (Å²) < 4.78 is 16.4. The Morgan fingerprint density at radius 2 is 1.69 bits per heavy atom. The number of fused-ring (bicyclic) bond motifs is 3. The summed E-state index contributed by atoms with van der Waals surface area (Å²) in [5.74, 6) is -6.47. The normalized spacial score (nSPS) is 29.8. The minimum absolute atomic E-state index is 0.0419. The fraction of sp³-hybridized carbons (Fsp3) is 0.444. The van der Waals surface area contributed by atoms with Gasteiger partial charge in [-0.3, -0.25) is 14.4 Å². The van der Waals surface area contributed by atoms with Gasteiger partial charge < -0.3 is 44.8 Å². The maximum absolute atomic E-state index is 13.5. The van der Waals surface area contributed by atoms with Crippen LogP contribution in [0, 0.1) is 0 Å². The summed E-state index contributed by atoms with van der Waals surface area (Å²) in [4.78, 5) is 40.0. The first-order valence-electron chi connectivity index (χ1n) is 12.4. The number of ether oxygens (including phenoxy) is 3. The molecular formula is C27H28O12. The molecule has 1 saturated heterocycles. The molecule has 208 valence electrons. The average molecular weight is 545 g/mol. The lowest BCUT2D eigenvalue weighted by Gasteiger charge is -2.44. The Morgan fingerprint density at radius 1 is 1.03 bits per heavy atom. The lowest BCUT2D eigenvalue weighted by Crippen LogP contribution is -2.48. The summed E-state index contributed by atoms with van der Waals surface area (Å²) in [6.45, 7) is 1.32. The molecule has 12 heteroatoms. The number of carbonyl (C=O) groups excluding carboxylic acids is 3. The minimum Gasteiger partial charge on any atom is -0.507 e. The second-order valence-electron chi connectivity index (χ2n) is 10.0. The van der Waals surface area contributed by atoms with E-state index >= 15 is 0 Å². The van der Waals surface area contributed by atoms with Gasteiger partial charge in [0, 0.05) is 29.5 Å². The summed E-state index contributed by atoms with van der Waals surface area (Å²) in [5.41, 5.74) is -4.24. The van der Waals surface area contributed by atoms with Crippen LogP contribution in [-0.2, 0) is 19.0 Å². The second-order valence-corrected chi connectivity index (χ2v) is 10.0. The molecule has 12 nitrogen and oxygen atoms in total. The predicted octanol–water partition coefficient (Wildman–Crippen LogP) is 0.906. The van der Waals surface area contributed by atoms with Gasteiger partial charge in [-0.25, -0.2) is 0 Å². The summed E-state index contributed by atoms with van der Waals surface area (Å²) in [6.07, 6.45) is -5.32. The molecule has 2 aliphatic carbocycles. The van der Waals surface area contributed by atoms with Crippen LogP contribution in [0.25, 0.3) is 0 Å². The number of hydrogen-bond donors (Lipinski definition) is 6. The van der Waals surface area contributed by atoms with Crippen LogP contribution in [0.15, 0.2) is 18.2 Å². The molecule has 0 unspecified atom stereocenters. The Bertz CT molecular complexity index is 1380. The molecule has 39 heavy (non-hydrogen) atoms. The van der Waals surface area contributed by atoms with E-state index in [1.54, 1.807) is 6.92 Å². The third kappa shape index (κ3) is 3.98. The molecule has 6 N–H and O–H groups in total. The maximum Gasteiger partial charge on any atom is 0.316 e. The standard InChI is InChI=1S/C27H28O12/c1-3-27(36)8-14(39-15-7-12(29)13(30)9-38-15)17-18(21(27)26(35)37-2)25(34)19-20(24(17)33)23(32)16-10(22(19)31)5-4-6-11(16)28/h4-6,12-15,21,28-30,33-34,36H,3,7-9H2,1-2H3/t12-,13+,14-,15-,21-,27+/m0/s1. The molecule has 2 aromatic carbocycles. The third-order valence-electron chi connectivity index (χ3n) is 7.88. The molecule has 0 radical (unpaired) electrons. The van der Waals surface area contributed by atoms with E-state index < -0.39 is 82.0 Å². The Labute approximate surface area is 222 Å². The van der Waals surface area contributed by atoms with Gasteiger partial charge in [-0.05, 0) is 12.5 Å². The van der Waals surface area contributed by atoms with Gasteiger partial charge in [0.2, 0.25) is 5.78 Å². The number of esters is 1. The maximum atomic E-state index is 13.5. The van der Waals surface area contributed by atoms with Crippen molar-refractivity contribution in [1.82, 2.24) is 0 Å². The van der Waals surface area contributed by atoms with E-state index in [-0.39, 0.29) is 48.1 Å². The first-order chi connectivity index (χ1) is 18.4. The lowest BCUT2D eigenvalue weighted by atomic mass is 9.66. The van der Waals surface area contributed by atoms with Crippen LogP contribution < -0.4 is 0 Å². The van der Waals surface area contributed by atoms with Crippen LogP contribution in [0.2, 0.25) is 0 Å². The van der Waals surface area contributed by atoms with Crippen LogP contribution in [0.5, 0.6) is 17.2 Å². The van der Waals surface area contributed by atoms with Gasteiger partial charge in [-0.15, -0.1) is 0 Å². The summed E-state index contributed by atoms with van der Waals surface area (Å²) in [7, 11) is 1.08. The van der Waals surface area contributed by atoms with E-state index in [4.69, 9.17) is 14.2 Å². The zero-order valence-electron chi connectivity index (χ0n) is 21.1. The molecule has 0 spiro atoms. The number of phenolic OH excluding ortho intramolecular Hbond substituents is 3. The highest BCUT2D eigenvalue weighted by Gasteiger charge is 2.54. The molecular weight excluding hydrogens is 516 g/mol. The van der Waals surface area contributed by atoms with Crippen LogP contribution in [0.1, 0.15) is 81.2 Å². The molecule has 1 heterocycles. The topological polar surface area (TPSA) is 200 Å². The van der Waals surface area contributed by atoms with Crippen molar-refractivity contribution < 1.29 is 59.2 Å². The first-order valence-corrected chi connectivity index (χ1v) is 12.4. The number of aliphatic hydroxyl groups excluding tert-OH is 2. The van der Waals surface area contributed by atoms with Gasteiger partial charge in [0.1, 0.15) is 29.3 Å². The van der Waals surface area contributed by atoms with E-state index in [0.717, 1.165) is 7.11 Å². The highest BCUT2D eigenvalue weighted by molar-refractivity contribution is 6.31. The van der Waals surface area contributed by atoms with E-state index in [9.17, 15) is 45.0 Å². The van der Waals surface area contributed by atoms with Crippen molar-refractivity contribution in [1.29, 1.82) is 0 Å². The zero-order chi connectivity index (χ0) is 28.4. The van der Waals surface area contributed by atoms with Crippen molar-refractivity contribution in [3.05, 3.63) is 51.6 Å². The number of methoxy groups -OCH3 is 1. The predicted molar refractivity (Wildman–Crippen MR) is 130 cm³/mol. The highest BCUT2D eigenvalue weighted by Crippen LogP contribution is 2.57. The van der Waals surface area contributed by atoms with Crippen LogP contribution >= 0.6 is 0 Å². The van der Waals surface area contributed by atoms with Crippen molar-refractivity contribution in [3.8, 4) is 17.2 Å². The van der Waals surface area contributed by atoms with Gasteiger partial charge in [-0.1, -0.05) is 19.1 Å². The average Bonchev–Trinajstić information content (AvgIpc) is 2.90. The van der Waals surface area contributed by atoms with E-state index in [0.29, 0.717) is 0 Å². The van der Waals surface area contributed by atoms with Crippen molar-refractivity contribution >= 4 is 17.5 Å². The highest BCUT2D eigenvalue weighted by atomic mass is 16.7.